The normalized spacial score (nSPS) is 12.6. The van der Waals surface area contributed by atoms with Crippen LogP contribution in [0.5, 0.6) is 5.75 Å². The summed E-state index contributed by atoms with van der Waals surface area (Å²) in [7, 11) is 0. The Labute approximate surface area is 76.7 Å². The third-order valence-corrected chi connectivity index (χ3v) is 1.73. The molecule has 0 fully saturated rings. The second-order valence-corrected chi connectivity index (χ2v) is 2.95. The van der Waals surface area contributed by atoms with Crippen LogP contribution >= 0.6 is 11.6 Å². The first-order valence-corrected chi connectivity index (χ1v) is 4.14. The summed E-state index contributed by atoms with van der Waals surface area (Å²) in [5, 5.41) is 9.29. The molecule has 0 bridgehead atoms. The van der Waals surface area contributed by atoms with E-state index in [9.17, 15) is 0 Å². The van der Waals surface area contributed by atoms with E-state index < -0.39 is 0 Å². The minimum atomic E-state index is -0.218. The van der Waals surface area contributed by atoms with Crippen molar-refractivity contribution in [2.75, 3.05) is 6.61 Å². The first-order valence-electron chi connectivity index (χ1n) is 3.76. The quantitative estimate of drug-likeness (QED) is 0.784. The monoisotopic (exact) mass is 186 g/mol. The fourth-order valence-corrected chi connectivity index (χ4v) is 0.975. The van der Waals surface area contributed by atoms with E-state index in [0.717, 1.165) is 0 Å². The maximum atomic E-state index is 8.72. The van der Waals surface area contributed by atoms with E-state index >= 15 is 0 Å². The molecule has 0 aliphatic carbocycles. The molecule has 0 spiro atoms. The van der Waals surface area contributed by atoms with Crippen LogP contribution in [0.15, 0.2) is 24.3 Å². The molecule has 1 N–H and O–H groups in total. The molecule has 1 aromatic rings. The van der Waals surface area contributed by atoms with Gasteiger partial charge < -0.3 is 9.84 Å². The Morgan fingerprint density at radius 1 is 1.50 bits per heavy atom. The number of hydrogen-bond donors (Lipinski definition) is 1. The molecule has 66 valence electrons. The van der Waals surface area contributed by atoms with Crippen molar-refractivity contribution >= 4 is 11.6 Å². The molecule has 12 heavy (non-hydrogen) atoms. The Balaban J connectivity index is 2.69. The second-order valence-electron chi connectivity index (χ2n) is 2.54. The number of para-hydroxylation sites is 1. The van der Waals surface area contributed by atoms with E-state index in [4.69, 9.17) is 21.4 Å². The van der Waals surface area contributed by atoms with Crippen LogP contribution in [0, 0.1) is 0 Å². The molecule has 0 radical (unpaired) electrons. The molecular weight excluding hydrogens is 176 g/mol. The maximum Gasteiger partial charge on any atom is 0.138 e. The van der Waals surface area contributed by atoms with Gasteiger partial charge in [0.25, 0.3) is 0 Å². The fourth-order valence-electron chi connectivity index (χ4n) is 0.794. The standard InChI is InChI=1S/C9H11ClO2/c1-7(6-11)12-9-5-3-2-4-8(9)10/h2-5,7,11H,6H2,1H3/t7-/m1/s1. The van der Waals surface area contributed by atoms with Gasteiger partial charge in [-0.2, -0.15) is 0 Å². The Hall–Kier alpha value is -0.730. The van der Waals surface area contributed by atoms with Crippen molar-refractivity contribution in [2.24, 2.45) is 0 Å². The van der Waals surface area contributed by atoms with Crippen molar-refractivity contribution < 1.29 is 9.84 Å². The van der Waals surface area contributed by atoms with E-state index in [1.54, 1.807) is 19.1 Å². The molecule has 3 heteroatoms. The molecule has 0 aromatic heterocycles. The molecule has 0 heterocycles. The highest BCUT2D eigenvalue weighted by Gasteiger charge is 2.04. The molecule has 1 aromatic carbocycles. The van der Waals surface area contributed by atoms with Crippen LogP contribution in [0.1, 0.15) is 6.92 Å². The molecule has 2 nitrogen and oxygen atoms in total. The van der Waals surface area contributed by atoms with E-state index in [0.29, 0.717) is 10.8 Å². The van der Waals surface area contributed by atoms with E-state index in [1.165, 1.54) is 0 Å². The molecule has 0 saturated heterocycles. The van der Waals surface area contributed by atoms with Crippen molar-refractivity contribution in [2.45, 2.75) is 13.0 Å². The molecule has 0 aliphatic rings. The summed E-state index contributed by atoms with van der Waals surface area (Å²) < 4.78 is 5.31. The van der Waals surface area contributed by atoms with Crippen molar-refractivity contribution in [1.82, 2.24) is 0 Å². The van der Waals surface area contributed by atoms with Gasteiger partial charge in [0.15, 0.2) is 0 Å². The lowest BCUT2D eigenvalue weighted by Crippen LogP contribution is -2.16. The van der Waals surface area contributed by atoms with Crippen LogP contribution < -0.4 is 4.74 Å². The SMILES string of the molecule is C[C@H](CO)Oc1ccccc1Cl. The minimum absolute atomic E-state index is 0.00871. The molecular formula is C9H11ClO2. The zero-order valence-electron chi connectivity index (χ0n) is 6.83. The number of aliphatic hydroxyl groups is 1. The number of halogens is 1. The van der Waals surface area contributed by atoms with Crippen LogP contribution in [0.25, 0.3) is 0 Å². The second kappa shape index (κ2) is 4.33. The van der Waals surface area contributed by atoms with Crippen molar-refractivity contribution in [3.8, 4) is 5.75 Å². The average molecular weight is 187 g/mol. The van der Waals surface area contributed by atoms with Gasteiger partial charge >= 0.3 is 0 Å². The topological polar surface area (TPSA) is 29.5 Å². The van der Waals surface area contributed by atoms with Gasteiger partial charge in [-0.05, 0) is 19.1 Å². The van der Waals surface area contributed by atoms with E-state index in [2.05, 4.69) is 0 Å². The van der Waals surface area contributed by atoms with Crippen LogP contribution in [0.2, 0.25) is 5.02 Å². The number of rotatable bonds is 3. The number of hydrogen-bond acceptors (Lipinski definition) is 2. The van der Waals surface area contributed by atoms with Gasteiger partial charge in [0.2, 0.25) is 0 Å². The average Bonchev–Trinajstić information content (AvgIpc) is 2.09. The minimum Gasteiger partial charge on any atom is -0.487 e. The predicted molar refractivity (Wildman–Crippen MR) is 48.6 cm³/mol. The van der Waals surface area contributed by atoms with Crippen LogP contribution in [-0.4, -0.2) is 17.8 Å². The van der Waals surface area contributed by atoms with E-state index in [-0.39, 0.29) is 12.7 Å². The van der Waals surface area contributed by atoms with Crippen LogP contribution in [0.4, 0.5) is 0 Å². The number of aliphatic hydroxyl groups excluding tert-OH is 1. The van der Waals surface area contributed by atoms with Crippen molar-refractivity contribution in [3.05, 3.63) is 29.3 Å². The highest BCUT2D eigenvalue weighted by atomic mass is 35.5. The summed E-state index contributed by atoms with van der Waals surface area (Å²) in [6, 6.07) is 7.19. The highest BCUT2D eigenvalue weighted by Crippen LogP contribution is 2.23. The third-order valence-electron chi connectivity index (χ3n) is 1.42. The molecule has 0 amide bonds. The van der Waals surface area contributed by atoms with Crippen molar-refractivity contribution in [1.29, 1.82) is 0 Å². The summed E-state index contributed by atoms with van der Waals surface area (Å²) in [6.07, 6.45) is -0.218. The maximum absolute atomic E-state index is 8.72. The lowest BCUT2D eigenvalue weighted by atomic mass is 10.3. The van der Waals surface area contributed by atoms with Gasteiger partial charge in [0.05, 0.1) is 11.6 Å². The third kappa shape index (κ3) is 2.40. The summed E-state index contributed by atoms with van der Waals surface area (Å²) in [6.45, 7) is 1.77. The van der Waals surface area contributed by atoms with Gasteiger partial charge in [-0.15, -0.1) is 0 Å². The molecule has 1 rings (SSSR count). The largest absolute Gasteiger partial charge is 0.487 e. The van der Waals surface area contributed by atoms with Gasteiger partial charge in [-0.3, -0.25) is 0 Å². The summed E-state index contributed by atoms with van der Waals surface area (Å²) in [5.41, 5.74) is 0. The van der Waals surface area contributed by atoms with Gasteiger partial charge in [0.1, 0.15) is 11.9 Å². The Bertz CT molecular complexity index is 250. The Kier molecular flexibility index (Phi) is 3.38. The molecule has 0 aliphatic heterocycles. The Morgan fingerprint density at radius 3 is 2.75 bits per heavy atom. The molecule has 0 saturated carbocycles. The summed E-state index contributed by atoms with van der Waals surface area (Å²) in [5.74, 6) is 0.612. The Morgan fingerprint density at radius 2 is 2.17 bits per heavy atom. The predicted octanol–water partition coefficient (Wildman–Crippen LogP) is 2.10. The molecule has 0 unspecified atom stereocenters. The lowest BCUT2D eigenvalue weighted by molar-refractivity contribution is 0.130. The van der Waals surface area contributed by atoms with Gasteiger partial charge in [0, 0.05) is 0 Å². The summed E-state index contributed by atoms with van der Waals surface area (Å²) in [4.78, 5) is 0. The smallest absolute Gasteiger partial charge is 0.138 e. The van der Waals surface area contributed by atoms with Gasteiger partial charge in [-0.25, -0.2) is 0 Å². The summed E-state index contributed by atoms with van der Waals surface area (Å²) >= 11 is 5.82. The number of benzene rings is 1. The fraction of sp³-hybridized carbons (Fsp3) is 0.333. The zero-order chi connectivity index (χ0) is 8.97. The zero-order valence-corrected chi connectivity index (χ0v) is 7.58. The highest BCUT2D eigenvalue weighted by molar-refractivity contribution is 6.32. The van der Waals surface area contributed by atoms with Crippen LogP contribution in [0.3, 0.4) is 0 Å². The van der Waals surface area contributed by atoms with Gasteiger partial charge in [-0.1, -0.05) is 23.7 Å². The molecule has 1 atom stereocenters. The van der Waals surface area contributed by atoms with E-state index in [1.807, 2.05) is 12.1 Å². The first-order chi connectivity index (χ1) is 5.74. The first kappa shape index (κ1) is 9.36. The van der Waals surface area contributed by atoms with Crippen molar-refractivity contribution in [3.63, 3.8) is 0 Å². The number of ether oxygens (including phenoxy) is 1. The lowest BCUT2D eigenvalue weighted by Gasteiger charge is -2.12. The van der Waals surface area contributed by atoms with Crippen LogP contribution in [-0.2, 0) is 0 Å².